The summed E-state index contributed by atoms with van der Waals surface area (Å²) in [6.45, 7) is 11.0. The molecule has 1 heterocycles. The number of piperidine rings is 1. The number of ether oxygens (including phenoxy) is 1. The summed E-state index contributed by atoms with van der Waals surface area (Å²) < 4.78 is 5.56. The Kier molecular flexibility index (Phi) is 6.13. The van der Waals surface area contributed by atoms with E-state index in [4.69, 9.17) is 4.74 Å². The van der Waals surface area contributed by atoms with E-state index in [0.29, 0.717) is 6.04 Å². The van der Waals surface area contributed by atoms with Gasteiger partial charge in [0.15, 0.2) is 0 Å². The van der Waals surface area contributed by atoms with Crippen molar-refractivity contribution in [2.45, 2.75) is 77.9 Å². The summed E-state index contributed by atoms with van der Waals surface area (Å²) in [6.07, 6.45) is 7.36. The topological polar surface area (TPSA) is 41.6 Å². The lowest BCUT2D eigenvalue weighted by atomic mass is 9.97. The van der Waals surface area contributed by atoms with E-state index in [9.17, 15) is 4.79 Å². The molecule has 128 valence electrons. The van der Waals surface area contributed by atoms with Crippen LogP contribution in [0.25, 0.3) is 0 Å². The van der Waals surface area contributed by atoms with E-state index in [1.165, 1.54) is 25.7 Å². The van der Waals surface area contributed by atoms with Crippen LogP contribution < -0.4 is 5.32 Å². The zero-order valence-corrected chi connectivity index (χ0v) is 14.9. The molecule has 0 aromatic heterocycles. The molecule has 0 bridgehead atoms. The van der Waals surface area contributed by atoms with Gasteiger partial charge in [0, 0.05) is 19.1 Å². The Labute approximate surface area is 136 Å². The van der Waals surface area contributed by atoms with Crippen molar-refractivity contribution >= 4 is 6.09 Å². The Morgan fingerprint density at radius 2 is 1.91 bits per heavy atom. The van der Waals surface area contributed by atoms with E-state index in [1.54, 1.807) is 0 Å². The fourth-order valence-corrected chi connectivity index (χ4v) is 3.73. The number of nitrogens with zero attached hydrogens (tertiary/aromatic N) is 1. The number of amides is 1. The molecule has 2 aliphatic rings. The van der Waals surface area contributed by atoms with Crippen LogP contribution >= 0.6 is 0 Å². The number of hydrogen-bond donors (Lipinski definition) is 1. The maximum absolute atomic E-state index is 12.4. The van der Waals surface area contributed by atoms with Gasteiger partial charge in [-0.15, -0.1) is 0 Å². The molecule has 1 saturated heterocycles. The average Bonchev–Trinajstić information content (AvgIpc) is 2.83. The molecule has 1 amide bonds. The van der Waals surface area contributed by atoms with Gasteiger partial charge in [-0.1, -0.05) is 19.8 Å². The molecule has 1 aliphatic carbocycles. The van der Waals surface area contributed by atoms with E-state index in [0.717, 1.165) is 44.3 Å². The van der Waals surface area contributed by atoms with Gasteiger partial charge in [-0.2, -0.15) is 0 Å². The van der Waals surface area contributed by atoms with Crippen LogP contribution in [-0.4, -0.2) is 42.3 Å². The van der Waals surface area contributed by atoms with E-state index >= 15 is 0 Å². The highest BCUT2D eigenvalue weighted by Gasteiger charge is 2.30. The molecule has 3 atom stereocenters. The van der Waals surface area contributed by atoms with Crippen LogP contribution in [0.3, 0.4) is 0 Å². The number of nitrogens with one attached hydrogen (secondary N) is 1. The predicted octanol–water partition coefficient (Wildman–Crippen LogP) is 3.80. The molecule has 2 fully saturated rings. The molecule has 0 aromatic carbocycles. The van der Waals surface area contributed by atoms with Gasteiger partial charge in [-0.05, 0) is 64.8 Å². The maximum atomic E-state index is 12.4. The van der Waals surface area contributed by atoms with Crippen molar-refractivity contribution in [1.29, 1.82) is 0 Å². The monoisotopic (exact) mass is 310 g/mol. The third kappa shape index (κ3) is 5.15. The van der Waals surface area contributed by atoms with Gasteiger partial charge < -0.3 is 15.0 Å². The number of carbonyl (C=O) groups excluding carboxylic acids is 1. The zero-order chi connectivity index (χ0) is 16.2. The SMILES string of the molecule is CC1CCCC1CNCC1CCCCN1C(=O)OC(C)(C)C. The average molecular weight is 310 g/mol. The van der Waals surface area contributed by atoms with E-state index < -0.39 is 5.60 Å². The molecule has 1 saturated carbocycles. The predicted molar refractivity (Wildman–Crippen MR) is 90.0 cm³/mol. The normalized spacial score (nSPS) is 29.6. The first-order valence-corrected chi connectivity index (χ1v) is 9.07. The fourth-order valence-electron chi connectivity index (χ4n) is 3.73. The highest BCUT2D eigenvalue weighted by molar-refractivity contribution is 5.68. The Hall–Kier alpha value is -0.770. The first kappa shape index (κ1) is 17.6. The molecule has 4 nitrogen and oxygen atoms in total. The van der Waals surface area contributed by atoms with Crippen molar-refractivity contribution in [2.24, 2.45) is 11.8 Å². The van der Waals surface area contributed by atoms with Crippen molar-refractivity contribution in [3.8, 4) is 0 Å². The molecule has 0 aromatic rings. The van der Waals surface area contributed by atoms with Crippen LogP contribution in [0, 0.1) is 11.8 Å². The Bertz CT molecular complexity index is 365. The van der Waals surface area contributed by atoms with Crippen LogP contribution in [0.15, 0.2) is 0 Å². The van der Waals surface area contributed by atoms with Crippen LogP contribution in [0.5, 0.6) is 0 Å². The summed E-state index contributed by atoms with van der Waals surface area (Å²) >= 11 is 0. The minimum atomic E-state index is -0.411. The van der Waals surface area contributed by atoms with Crippen molar-refractivity contribution < 1.29 is 9.53 Å². The Balaban J connectivity index is 1.80. The van der Waals surface area contributed by atoms with Gasteiger partial charge in [-0.3, -0.25) is 0 Å². The maximum Gasteiger partial charge on any atom is 0.410 e. The van der Waals surface area contributed by atoms with Crippen LogP contribution in [0.2, 0.25) is 0 Å². The first-order valence-electron chi connectivity index (χ1n) is 9.07. The summed E-state index contributed by atoms with van der Waals surface area (Å²) in [4.78, 5) is 14.3. The van der Waals surface area contributed by atoms with E-state index in [1.807, 2.05) is 25.7 Å². The summed E-state index contributed by atoms with van der Waals surface area (Å²) in [5.41, 5.74) is -0.411. The number of carbonyl (C=O) groups is 1. The van der Waals surface area contributed by atoms with Crippen molar-refractivity contribution in [3.63, 3.8) is 0 Å². The highest BCUT2D eigenvalue weighted by Crippen LogP contribution is 2.30. The summed E-state index contributed by atoms with van der Waals surface area (Å²) in [5, 5.41) is 3.63. The number of likely N-dealkylation sites (tertiary alicyclic amines) is 1. The third-order valence-electron chi connectivity index (χ3n) is 5.08. The molecule has 4 heteroatoms. The minimum absolute atomic E-state index is 0.145. The molecular weight excluding hydrogens is 276 g/mol. The Morgan fingerprint density at radius 1 is 1.14 bits per heavy atom. The molecule has 1 N–H and O–H groups in total. The minimum Gasteiger partial charge on any atom is -0.444 e. The van der Waals surface area contributed by atoms with Crippen LogP contribution in [-0.2, 0) is 4.74 Å². The quantitative estimate of drug-likeness (QED) is 0.858. The van der Waals surface area contributed by atoms with Crippen LogP contribution in [0.1, 0.15) is 66.2 Å². The van der Waals surface area contributed by atoms with Crippen LogP contribution in [0.4, 0.5) is 4.79 Å². The standard InChI is InChI=1S/C18H34N2O2/c1-14-8-7-9-15(14)12-19-13-16-10-5-6-11-20(16)17(21)22-18(2,3)4/h14-16,19H,5-13H2,1-4H3. The van der Waals surface area contributed by atoms with Gasteiger partial charge in [0.2, 0.25) is 0 Å². The Morgan fingerprint density at radius 3 is 2.55 bits per heavy atom. The molecule has 0 spiro atoms. The third-order valence-corrected chi connectivity index (χ3v) is 5.08. The summed E-state index contributed by atoms with van der Waals surface area (Å²) in [7, 11) is 0. The smallest absolute Gasteiger partial charge is 0.410 e. The lowest BCUT2D eigenvalue weighted by Gasteiger charge is -2.37. The lowest BCUT2D eigenvalue weighted by molar-refractivity contribution is 0.00985. The molecule has 0 radical (unpaired) electrons. The van der Waals surface area contributed by atoms with E-state index in [-0.39, 0.29) is 6.09 Å². The van der Waals surface area contributed by atoms with Gasteiger partial charge in [0.05, 0.1) is 0 Å². The fraction of sp³-hybridized carbons (Fsp3) is 0.944. The summed E-state index contributed by atoms with van der Waals surface area (Å²) in [5.74, 6) is 1.67. The number of hydrogen-bond acceptors (Lipinski definition) is 3. The van der Waals surface area contributed by atoms with Gasteiger partial charge >= 0.3 is 6.09 Å². The highest BCUT2D eigenvalue weighted by atomic mass is 16.6. The molecule has 22 heavy (non-hydrogen) atoms. The lowest BCUT2D eigenvalue weighted by Crippen LogP contribution is -2.50. The second kappa shape index (κ2) is 7.67. The van der Waals surface area contributed by atoms with Crippen molar-refractivity contribution in [2.75, 3.05) is 19.6 Å². The van der Waals surface area contributed by atoms with Gasteiger partial charge in [-0.25, -0.2) is 4.79 Å². The molecular formula is C18H34N2O2. The van der Waals surface area contributed by atoms with Crippen molar-refractivity contribution in [3.05, 3.63) is 0 Å². The number of rotatable bonds is 4. The zero-order valence-electron chi connectivity index (χ0n) is 14.9. The largest absolute Gasteiger partial charge is 0.444 e. The van der Waals surface area contributed by atoms with E-state index in [2.05, 4.69) is 12.2 Å². The first-order chi connectivity index (χ1) is 10.4. The molecule has 3 unspecified atom stereocenters. The second-order valence-electron chi connectivity index (χ2n) is 8.15. The molecule has 2 rings (SSSR count). The van der Waals surface area contributed by atoms with Gasteiger partial charge in [0.25, 0.3) is 0 Å². The van der Waals surface area contributed by atoms with Gasteiger partial charge in [0.1, 0.15) is 5.60 Å². The summed E-state index contributed by atoms with van der Waals surface area (Å²) in [6, 6.07) is 0.292. The van der Waals surface area contributed by atoms with Crippen molar-refractivity contribution in [1.82, 2.24) is 10.2 Å². The molecule has 1 aliphatic heterocycles. The second-order valence-corrected chi connectivity index (χ2v) is 8.15.